The molecule has 1 aliphatic rings. The van der Waals surface area contributed by atoms with E-state index < -0.39 is 40.3 Å². The lowest BCUT2D eigenvalue weighted by atomic mass is 9.94. The zero-order valence-electron chi connectivity index (χ0n) is 26.2. The van der Waals surface area contributed by atoms with Crippen molar-refractivity contribution in [2.75, 3.05) is 37.6 Å². The number of fused-ring (bicyclic) bond motifs is 1. The van der Waals surface area contributed by atoms with Crippen LogP contribution >= 0.6 is 0 Å². The molecule has 1 amide bonds. The molecule has 4 aromatic rings. The third kappa shape index (κ3) is 7.86. The van der Waals surface area contributed by atoms with Gasteiger partial charge < -0.3 is 20.4 Å². The number of rotatable bonds is 8. The summed E-state index contributed by atoms with van der Waals surface area (Å²) in [6, 6.07) is 10.4. The van der Waals surface area contributed by atoms with Crippen LogP contribution in [0.4, 0.5) is 19.4 Å². The predicted octanol–water partition coefficient (Wildman–Crippen LogP) is 3.08. The highest BCUT2D eigenvalue weighted by Crippen LogP contribution is 2.38. The number of para-hydroxylation sites is 1. The Kier molecular flexibility index (Phi) is 9.78. The molecule has 1 aliphatic heterocycles. The van der Waals surface area contributed by atoms with Gasteiger partial charge in [-0.3, -0.25) is 4.68 Å². The minimum atomic E-state index is -3.10. The van der Waals surface area contributed by atoms with Gasteiger partial charge in [0.1, 0.15) is 22.9 Å². The number of aliphatic hydroxyl groups is 1. The molecule has 1 atom stereocenters. The number of nitrogens with zero attached hydrogens (tertiary/aromatic N) is 6. The highest BCUT2D eigenvalue weighted by Gasteiger charge is 2.29. The van der Waals surface area contributed by atoms with E-state index in [1.807, 2.05) is 7.05 Å². The number of likely N-dealkylation sites (N-methyl/N-ethyl adjacent to an activating group) is 1. The number of halogens is 2. The number of anilines is 1. The third-order valence-electron chi connectivity index (χ3n) is 7.64. The van der Waals surface area contributed by atoms with Gasteiger partial charge >= 0.3 is 6.09 Å². The number of amides is 1. The fourth-order valence-electron chi connectivity index (χ4n) is 5.57. The monoisotopic (exact) mass is 667 g/mol. The number of aryl methyl sites for hydroxylation is 1. The van der Waals surface area contributed by atoms with Crippen LogP contribution in [0.3, 0.4) is 0 Å². The Balaban J connectivity index is 1.71. The Morgan fingerprint density at radius 1 is 1.06 bits per heavy atom. The van der Waals surface area contributed by atoms with E-state index in [-0.39, 0.29) is 29.2 Å². The molecule has 1 fully saturated rings. The van der Waals surface area contributed by atoms with Crippen LogP contribution in [0.5, 0.6) is 0 Å². The first-order valence-corrected chi connectivity index (χ1v) is 15.9. The van der Waals surface area contributed by atoms with Gasteiger partial charge in [0.25, 0.3) is 0 Å². The molecule has 1 saturated heterocycles. The number of aromatic nitrogens is 3. The number of hydrazine groups is 1. The van der Waals surface area contributed by atoms with Crippen molar-refractivity contribution in [1.82, 2.24) is 30.0 Å². The molecular weight excluding hydrogens is 632 g/mol. The Morgan fingerprint density at radius 2 is 1.74 bits per heavy atom. The van der Waals surface area contributed by atoms with Gasteiger partial charge in [0.15, 0.2) is 5.82 Å². The number of pyridine rings is 1. The van der Waals surface area contributed by atoms with E-state index in [9.17, 15) is 32.2 Å². The third-order valence-corrected chi connectivity index (χ3v) is 8.39. The molecule has 0 spiro atoms. The van der Waals surface area contributed by atoms with Crippen molar-refractivity contribution in [2.45, 2.75) is 31.9 Å². The van der Waals surface area contributed by atoms with Gasteiger partial charge in [0.2, 0.25) is 10.9 Å². The van der Waals surface area contributed by atoms with E-state index in [4.69, 9.17) is 0 Å². The number of nitrogens with one attached hydrogen (secondary N) is 1. The molecule has 3 heterocycles. The lowest BCUT2D eigenvalue weighted by Gasteiger charge is -2.36. The maximum atomic E-state index is 14.2. The van der Waals surface area contributed by atoms with Gasteiger partial charge in [-0.1, -0.05) is 18.1 Å². The summed E-state index contributed by atoms with van der Waals surface area (Å²) in [6.45, 7) is 5.29. The van der Waals surface area contributed by atoms with E-state index in [1.165, 1.54) is 18.3 Å². The SMILES string of the molecule is CN1CCN(N(c2nn(C)c3c(-c4ccc(C#CC(C)(C)O)nc4C(Cc4cc(F)cc(F)c4)NC(=O)O)cccc23)[SH](=O)=O)CC1. The number of carbonyl (C=O) groups is 1. The average Bonchev–Trinajstić information content (AvgIpc) is 3.31. The molecule has 2 aromatic heterocycles. The Morgan fingerprint density at radius 3 is 2.36 bits per heavy atom. The minimum Gasteiger partial charge on any atom is -0.465 e. The summed E-state index contributed by atoms with van der Waals surface area (Å²) in [6.07, 6.45) is -1.56. The predicted molar refractivity (Wildman–Crippen MR) is 173 cm³/mol. The second kappa shape index (κ2) is 13.6. The summed E-state index contributed by atoms with van der Waals surface area (Å²) < 4.78 is 56.3. The number of thiol groups is 1. The molecule has 1 unspecified atom stereocenters. The van der Waals surface area contributed by atoms with Crippen LogP contribution in [0.15, 0.2) is 48.5 Å². The molecule has 47 heavy (non-hydrogen) atoms. The summed E-state index contributed by atoms with van der Waals surface area (Å²) in [7, 11) is 0.539. The van der Waals surface area contributed by atoms with Crippen LogP contribution in [-0.2, 0) is 24.4 Å². The van der Waals surface area contributed by atoms with Crippen molar-refractivity contribution >= 4 is 33.7 Å². The van der Waals surface area contributed by atoms with E-state index >= 15 is 0 Å². The van der Waals surface area contributed by atoms with Gasteiger partial charge in [0, 0.05) is 55.8 Å². The van der Waals surface area contributed by atoms with Crippen molar-refractivity contribution < 1.29 is 32.2 Å². The fraction of sp³-hybridized carbons (Fsp3) is 0.344. The highest BCUT2D eigenvalue weighted by atomic mass is 32.2. The zero-order chi connectivity index (χ0) is 34.0. The fourth-order valence-corrected chi connectivity index (χ4v) is 6.26. The van der Waals surface area contributed by atoms with Crippen molar-refractivity contribution in [3.8, 4) is 23.0 Å². The van der Waals surface area contributed by atoms with E-state index in [0.717, 1.165) is 18.2 Å². The summed E-state index contributed by atoms with van der Waals surface area (Å²) >= 11 is 0. The highest BCUT2D eigenvalue weighted by molar-refractivity contribution is 7.73. The Labute approximate surface area is 272 Å². The van der Waals surface area contributed by atoms with E-state index in [2.05, 4.69) is 32.1 Å². The van der Waals surface area contributed by atoms with Crippen LogP contribution in [0.2, 0.25) is 0 Å². The molecule has 248 valence electrons. The van der Waals surface area contributed by atoms with Crippen LogP contribution in [-0.4, -0.2) is 88.2 Å². The maximum absolute atomic E-state index is 14.2. The topological polar surface area (TPSA) is 144 Å². The van der Waals surface area contributed by atoms with Crippen LogP contribution in [0, 0.1) is 23.5 Å². The number of hydrogen-bond acceptors (Lipinski definition) is 8. The van der Waals surface area contributed by atoms with Crippen molar-refractivity contribution in [3.63, 3.8) is 0 Å². The normalized spacial score (nSPS) is 15.0. The molecule has 2 aromatic carbocycles. The van der Waals surface area contributed by atoms with Gasteiger partial charge in [-0.25, -0.2) is 32.0 Å². The molecule has 15 heteroatoms. The van der Waals surface area contributed by atoms with Crippen LogP contribution in [0.25, 0.3) is 22.0 Å². The minimum absolute atomic E-state index is 0.163. The number of carboxylic acid groups (broad SMARTS) is 1. The molecule has 0 radical (unpaired) electrons. The Bertz CT molecular complexity index is 1930. The first-order chi connectivity index (χ1) is 22.2. The molecular formula is C32H35F2N7O5S. The number of piperazine rings is 1. The molecule has 5 rings (SSSR count). The van der Waals surface area contributed by atoms with Gasteiger partial charge in [-0.2, -0.15) is 9.51 Å². The van der Waals surface area contributed by atoms with Gasteiger partial charge in [-0.15, -0.1) is 0 Å². The molecule has 0 bridgehead atoms. The van der Waals surface area contributed by atoms with E-state index in [0.29, 0.717) is 48.2 Å². The van der Waals surface area contributed by atoms with Crippen molar-refractivity contribution in [3.05, 3.63) is 77.1 Å². The Hall–Kier alpha value is -4.62. The van der Waals surface area contributed by atoms with Crippen LogP contribution in [0.1, 0.15) is 36.8 Å². The van der Waals surface area contributed by atoms with Gasteiger partial charge in [-0.05, 0) is 69.1 Å². The maximum Gasteiger partial charge on any atom is 0.405 e. The van der Waals surface area contributed by atoms with Crippen molar-refractivity contribution in [1.29, 1.82) is 0 Å². The standard InChI is InChI=1S/C32H35F2N7O5S/c1-32(2,44)11-10-23-8-9-24(28(35-23)27(36-31(42)43)18-20-16-21(33)19-22(34)17-20)25-6-5-7-26-29(25)39(4)37-30(26)41(47(45)46)40-14-12-38(3)13-15-40/h5-9,16-17,19,27,36,44,47H,12-15,18H2,1-4H3,(H,42,43). The summed E-state index contributed by atoms with van der Waals surface area (Å²) in [5.74, 6) is 4.07. The average molecular weight is 668 g/mol. The first-order valence-electron chi connectivity index (χ1n) is 14.7. The number of hydrogen-bond donors (Lipinski definition) is 4. The van der Waals surface area contributed by atoms with Gasteiger partial charge in [0.05, 0.1) is 17.3 Å². The smallest absolute Gasteiger partial charge is 0.405 e. The summed E-state index contributed by atoms with van der Waals surface area (Å²) in [5, 5.41) is 29.3. The molecule has 0 aliphatic carbocycles. The summed E-state index contributed by atoms with van der Waals surface area (Å²) in [5.41, 5.74) is 0.805. The van der Waals surface area contributed by atoms with Crippen molar-refractivity contribution in [2.24, 2.45) is 7.05 Å². The largest absolute Gasteiger partial charge is 0.465 e. The zero-order valence-corrected chi connectivity index (χ0v) is 27.1. The lowest BCUT2D eigenvalue weighted by molar-refractivity contribution is 0.143. The quantitative estimate of drug-likeness (QED) is 0.165. The summed E-state index contributed by atoms with van der Waals surface area (Å²) in [4.78, 5) is 18.8. The van der Waals surface area contributed by atoms with E-state index in [1.54, 1.807) is 47.1 Å². The second-order valence-corrected chi connectivity index (χ2v) is 12.7. The number of benzene rings is 2. The van der Waals surface area contributed by atoms with Crippen LogP contribution < -0.4 is 9.73 Å². The second-order valence-electron chi connectivity index (χ2n) is 11.9. The molecule has 3 N–H and O–H groups in total. The molecule has 0 saturated carbocycles. The lowest BCUT2D eigenvalue weighted by Crippen LogP contribution is -2.52. The molecule has 12 nitrogen and oxygen atoms in total. The first kappa shape index (κ1) is 33.7.